The number of rotatable bonds is 5. The number of nitrogen functional groups attached to an aromatic ring is 1. The molecular weight excluding hydrogens is 268 g/mol. The van der Waals surface area contributed by atoms with Crippen molar-refractivity contribution in [1.82, 2.24) is 10.3 Å². The number of anilines is 1. The van der Waals surface area contributed by atoms with Crippen molar-refractivity contribution in [3.05, 3.63) is 53.2 Å². The first-order chi connectivity index (χ1) is 10.1. The average molecular weight is 286 g/mol. The number of nitrogens with two attached hydrogens (primary N) is 1. The van der Waals surface area contributed by atoms with E-state index in [2.05, 4.69) is 15.7 Å². The number of hydrogen-bond acceptors (Lipinski definition) is 5. The molecule has 0 saturated carbocycles. The van der Waals surface area contributed by atoms with Gasteiger partial charge in [0.1, 0.15) is 11.6 Å². The molecular formula is C15H18N4O2. The van der Waals surface area contributed by atoms with Crippen molar-refractivity contribution < 1.29 is 9.53 Å². The molecule has 0 fully saturated rings. The lowest BCUT2D eigenvalue weighted by Gasteiger charge is -2.08. The van der Waals surface area contributed by atoms with Crippen LogP contribution in [0.1, 0.15) is 21.6 Å². The molecule has 2 aromatic rings. The number of benzene rings is 1. The number of aryl methyl sites for hydroxylation is 1. The molecule has 1 aromatic carbocycles. The van der Waals surface area contributed by atoms with E-state index in [1.54, 1.807) is 26.2 Å². The number of amides is 1. The summed E-state index contributed by atoms with van der Waals surface area (Å²) < 4.78 is 5.09. The van der Waals surface area contributed by atoms with Gasteiger partial charge in [-0.05, 0) is 36.8 Å². The zero-order valence-corrected chi connectivity index (χ0v) is 12.0. The third-order valence-corrected chi connectivity index (χ3v) is 2.98. The summed E-state index contributed by atoms with van der Waals surface area (Å²) in [5, 5.41) is 2.86. The molecule has 1 amide bonds. The number of aromatic nitrogens is 1. The second-order valence-electron chi connectivity index (χ2n) is 4.56. The van der Waals surface area contributed by atoms with Crippen molar-refractivity contribution in [3.8, 4) is 5.75 Å². The maximum absolute atomic E-state index is 12.1. The lowest BCUT2D eigenvalue weighted by Crippen LogP contribution is -2.23. The normalized spacial score (nSPS) is 10.0. The summed E-state index contributed by atoms with van der Waals surface area (Å²) in [7, 11) is 1.62. The fourth-order valence-corrected chi connectivity index (χ4v) is 1.90. The zero-order chi connectivity index (χ0) is 15.2. The fourth-order valence-electron chi connectivity index (χ4n) is 1.90. The number of nitrogens with zero attached hydrogens (tertiary/aromatic N) is 1. The summed E-state index contributed by atoms with van der Waals surface area (Å²) in [5.74, 6) is 6.40. The Bertz CT molecular complexity index is 626. The summed E-state index contributed by atoms with van der Waals surface area (Å²) in [6, 6.07) is 10.8. The van der Waals surface area contributed by atoms with E-state index in [-0.39, 0.29) is 5.91 Å². The summed E-state index contributed by atoms with van der Waals surface area (Å²) in [4.78, 5) is 16.3. The van der Waals surface area contributed by atoms with Gasteiger partial charge in [-0.3, -0.25) is 4.79 Å². The van der Waals surface area contributed by atoms with Crippen molar-refractivity contribution in [2.75, 3.05) is 12.5 Å². The van der Waals surface area contributed by atoms with Crippen molar-refractivity contribution in [2.45, 2.75) is 13.5 Å². The van der Waals surface area contributed by atoms with Gasteiger partial charge < -0.3 is 15.5 Å². The summed E-state index contributed by atoms with van der Waals surface area (Å²) >= 11 is 0. The molecule has 110 valence electrons. The largest absolute Gasteiger partial charge is 0.497 e. The van der Waals surface area contributed by atoms with Crippen LogP contribution in [-0.2, 0) is 6.54 Å². The Hall–Kier alpha value is -2.60. The van der Waals surface area contributed by atoms with Crippen LogP contribution in [0.3, 0.4) is 0 Å². The molecule has 0 radical (unpaired) electrons. The third kappa shape index (κ3) is 3.93. The van der Waals surface area contributed by atoms with Crippen LogP contribution in [0.4, 0.5) is 5.82 Å². The minimum atomic E-state index is -0.173. The van der Waals surface area contributed by atoms with Crippen LogP contribution in [0.2, 0.25) is 0 Å². The number of carbonyl (C=O) groups excluding carboxylic acids is 1. The zero-order valence-electron chi connectivity index (χ0n) is 12.0. The summed E-state index contributed by atoms with van der Waals surface area (Å²) in [6.07, 6.45) is 0. The molecule has 6 heteroatoms. The molecule has 21 heavy (non-hydrogen) atoms. The highest BCUT2D eigenvalue weighted by molar-refractivity contribution is 5.94. The molecule has 0 atom stereocenters. The second kappa shape index (κ2) is 6.71. The molecule has 1 aromatic heterocycles. The number of carbonyl (C=O) groups is 1. The van der Waals surface area contributed by atoms with Gasteiger partial charge in [-0.15, -0.1) is 0 Å². The standard InChI is InChI=1S/C15H18N4O2/c1-10-7-12(8-14(18-10)19-16)15(20)17-9-11-3-5-13(21-2)6-4-11/h3-8H,9,16H2,1-2H3,(H,17,20)(H,18,19). The van der Waals surface area contributed by atoms with Crippen LogP contribution >= 0.6 is 0 Å². The SMILES string of the molecule is COc1ccc(CNC(=O)c2cc(C)nc(NN)c2)cc1. The van der Waals surface area contributed by atoms with Crippen molar-refractivity contribution in [2.24, 2.45) is 5.84 Å². The number of nitrogens with one attached hydrogen (secondary N) is 2. The molecule has 0 aliphatic rings. The fraction of sp³-hybridized carbons (Fsp3) is 0.200. The van der Waals surface area contributed by atoms with E-state index in [9.17, 15) is 4.79 Å². The van der Waals surface area contributed by atoms with E-state index >= 15 is 0 Å². The molecule has 2 rings (SSSR count). The lowest BCUT2D eigenvalue weighted by atomic mass is 10.2. The predicted molar refractivity (Wildman–Crippen MR) is 80.9 cm³/mol. The van der Waals surface area contributed by atoms with Gasteiger partial charge in [0.2, 0.25) is 0 Å². The monoisotopic (exact) mass is 286 g/mol. The van der Waals surface area contributed by atoms with E-state index in [0.717, 1.165) is 17.0 Å². The van der Waals surface area contributed by atoms with Gasteiger partial charge in [0.05, 0.1) is 7.11 Å². The number of methoxy groups -OCH3 is 1. The number of pyridine rings is 1. The van der Waals surface area contributed by atoms with Gasteiger partial charge in [-0.2, -0.15) is 0 Å². The van der Waals surface area contributed by atoms with E-state index in [1.165, 1.54) is 0 Å². The molecule has 4 N–H and O–H groups in total. The summed E-state index contributed by atoms with van der Waals surface area (Å²) in [5.41, 5.74) is 4.68. The highest BCUT2D eigenvalue weighted by Gasteiger charge is 2.08. The molecule has 1 heterocycles. The van der Waals surface area contributed by atoms with Gasteiger partial charge in [0.15, 0.2) is 0 Å². The quantitative estimate of drug-likeness (QED) is 0.574. The highest BCUT2D eigenvalue weighted by Crippen LogP contribution is 2.12. The Morgan fingerprint density at radius 2 is 2.00 bits per heavy atom. The first kappa shape index (κ1) is 14.8. The molecule has 0 spiro atoms. The Morgan fingerprint density at radius 3 is 2.62 bits per heavy atom. The van der Waals surface area contributed by atoms with Gasteiger partial charge in [-0.1, -0.05) is 12.1 Å². The van der Waals surface area contributed by atoms with Gasteiger partial charge in [0, 0.05) is 17.8 Å². The van der Waals surface area contributed by atoms with E-state index in [0.29, 0.717) is 17.9 Å². The van der Waals surface area contributed by atoms with Crippen LogP contribution in [0.5, 0.6) is 5.75 Å². The average Bonchev–Trinajstić information content (AvgIpc) is 2.52. The van der Waals surface area contributed by atoms with Gasteiger partial charge in [-0.25, -0.2) is 10.8 Å². The highest BCUT2D eigenvalue weighted by atomic mass is 16.5. The minimum absolute atomic E-state index is 0.173. The molecule has 0 bridgehead atoms. The Labute approximate surface area is 123 Å². The maximum atomic E-state index is 12.1. The van der Waals surface area contributed by atoms with E-state index in [1.807, 2.05) is 24.3 Å². The van der Waals surface area contributed by atoms with Crippen molar-refractivity contribution in [3.63, 3.8) is 0 Å². The molecule has 0 aliphatic carbocycles. The van der Waals surface area contributed by atoms with Crippen LogP contribution in [0.15, 0.2) is 36.4 Å². The first-order valence-electron chi connectivity index (χ1n) is 6.49. The van der Waals surface area contributed by atoms with E-state index in [4.69, 9.17) is 10.6 Å². The maximum Gasteiger partial charge on any atom is 0.251 e. The Kier molecular flexibility index (Phi) is 4.73. The van der Waals surface area contributed by atoms with Gasteiger partial charge >= 0.3 is 0 Å². The molecule has 0 unspecified atom stereocenters. The lowest BCUT2D eigenvalue weighted by molar-refractivity contribution is 0.0950. The molecule has 0 saturated heterocycles. The van der Waals surface area contributed by atoms with E-state index < -0.39 is 0 Å². The van der Waals surface area contributed by atoms with Crippen LogP contribution < -0.4 is 21.3 Å². The van der Waals surface area contributed by atoms with Crippen molar-refractivity contribution in [1.29, 1.82) is 0 Å². The number of hydrogen-bond donors (Lipinski definition) is 3. The summed E-state index contributed by atoms with van der Waals surface area (Å²) in [6.45, 7) is 2.25. The molecule has 6 nitrogen and oxygen atoms in total. The topological polar surface area (TPSA) is 89.3 Å². The third-order valence-electron chi connectivity index (χ3n) is 2.98. The first-order valence-corrected chi connectivity index (χ1v) is 6.49. The number of ether oxygens (including phenoxy) is 1. The molecule has 0 aliphatic heterocycles. The van der Waals surface area contributed by atoms with Crippen molar-refractivity contribution >= 4 is 11.7 Å². The van der Waals surface area contributed by atoms with Crippen LogP contribution in [0.25, 0.3) is 0 Å². The minimum Gasteiger partial charge on any atom is -0.497 e. The number of hydrazine groups is 1. The second-order valence-corrected chi connectivity index (χ2v) is 4.56. The van der Waals surface area contributed by atoms with Crippen LogP contribution in [-0.4, -0.2) is 18.0 Å². The predicted octanol–water partition coefficient (Wildman–Crippen LogP) is 1.61. The van der Waals surface area contributed by atoms with Crippen LogP contribution in [0, 0.1) is 6.92 Å². The Morgan fingerprint density at radius 1 is 1.29 bits per heavy atom. The smallest absolute Gasteiger partial charge is 0.251 e. The Balaban J connectivity index is 2.02. The van der Waals surface area contributed by atoms with Gasteiger partial charge in [0.25, 0.3) is 5.91 Å².